The van der Waals surface area contributed by atoms with Gasteiger partial charge >= 0.3 is 11.7 Å². The predicted molar refractivity (Wildman–Crippen MR) is 113 cm³/mol. The van der Waals surface area contributed by atoms with Crippen molar-refractivity contribution in [3.63, 3.8) is 0 Å². The van der Waals surface area contributed by atoms with Crippen LogP contribution in [0.5, 0.6) is 11.8 Å². The summed E-state index contributed by atoms with van der Waals surface area (Å²) in [7, 11) is 1.51. The van der Waals surface area contributed by atoms with Gasteiger partial charge in [-0.3, -0.25) is 18.5 Å². The van der Waals surface area contributed by atoms with E-state index in [9.17, 15) is 14.0 Å². The molecule has 0 saturated carbocycles. The van der Waals surface area contributed by atoms with E-state index in [2.05, 4.69) is 9.97 Å². The molecule has 4 rings (SSSR count). The molecule has 0 aliphatic rings. The fraction of sp³-hybridized carbons (Fsp3) is 0.300. The van der Waals surface area contributed by atoms with Gasteiger partial charge < -0.3 is 9.84 Å². The third-order valence-electron chi connectivity index (χ3n) is 4.71. The second-order valence-electron chi connectivity index (χ2n) is 6.95. The molecule has 162 valence electrons. The molecule has 0 unspecified atom stereocenters. The molecule has 0 aliphatic heterocycles. The van der Waals surface area contributed by atoms with Crippen LogP contribution in [0.25, 0.3) is 11.2 Å². The number of halogens is 1. The van der Waals surface area contributed by atoms with Gasteiger partial charge in [-0.25, -0.2) is 14.2 Å². The summed E-state index contributed by atoms with van der Waals surface area (Å²) in [4.78, 5) is 35.6. The normalized spacial score (nSPS) is 11.4. The first-order valence-electron chi connectivity index (χ1n) is 9.54. The second kappa shape index (κ2) is 8.44. The molecule has 0 aliphatic carbocycles. The average molecular weight is 445 g/mol. The molecule has 9 nitrogen and oxygen atoms in total. The topological polar surface area (TPSA) is 104 Å². The molecule has 1 aromatic carbocycles. The van der Waals surface area contributed by atoms with Crippen molar-refractivity contribution < 1.29 is 14.2 Å². The summed E-state index contributed by atoms with van der Waals surface area (Å²) in [6.45, 7) is 2.02. The Kier molecular flexibility index (Phi) is 5.70. The van der Waals surface area contributed by atoms with Gasteiger partial charge in [0.2, 0.25) is 0 Å². The number of aliphatic hydroxyl groups is 1. The second-order valence-corrected chi connectivity index (χ2v) is 8.27. The molecule has 0 fully saturated rings. The molecule has 1 N–H and O–H groups in total. The molecule has 3 aromatic heterocycles. The molecule has 0 amide bonds. The first-order valence-corrected chi connectivity index (χ1v) is 10.4. The Balaban J connectivity index is 1.94. The van der Waals surface area contributed by atoms with Crippen LogP contribution in [-0.2, 0) is 20.1 Å². The Bertz CT molecular complexity index is 1370. The van der Waals surface area contributed by atoms with Gasteiger partial charge in [0.15, 0.2) is 11.2 Å². The van der Waals surface area contributed by atoms with Crippen molar-refractivity contribution >= 4 is 22.5 Å². The number of ether oxygens (including phenoxy) is 1. The van der Waals surface area contributed by atoms with Crippen LogP contribution >= 0.6 is 11.3 Å². The number of thiazole rings is 1. The van der Waals surface area contributed by atoms with E-state index in [1.165, 1.54) is 45.7 Å². The maximum Gasteiger partial charge on any atom is 0.332 e. The molecule has 0 radical (unpaired) electrons. The smallest absolute Gasteiger partial charge is 0.332 e. The van der Waals surface area contributed by atoms with Crippen LogP contribution in [0.3, 0.4) is 0 Å². The molecule has 3 heterocycles. The van der Waals surface area contributed by atoms with Crippen LogP contribution in [0.1, 0.15) is 16.3 Å². The summed E-state index contributed by atoms with van der Waals surface area (Å²) in [5, 5.41) is 9.85. The fourth-order valence-electron chi connectivity index (χ4n) is 3.25. The minimum Gasteiger partial charge on any atom is -0.425 e. The number of benzene rings is 1. The predicted octanol–water partition coefficient (Wildman–Crippen LogP) is 2.02. The van der Waals surface area contributed by atoms with Crippen molar-refractivity contribution in [3.8, 4) is 11.8 Å². The molecule has 11 heteroatoms. The minimum atomic E-state index is -0.544. The molecule has 4 aromatic rings. The molecule has 0 bridgehead atoms. The number of nitrogens with zero attached hydrogens (tertiary/aromatic N) is 5. The van der Waals surface area contributed by atoms with Gasteiger partial charge in [-0.05, 0) is 25.5 Å². The molecule has 0 atom stereocenters. The Morgan fingerprint density at radius 2 is 2.06 bits per heavy atom. The van der Waals surface area contributed by atoms with E-state index in [0.29, 0.717) is 0 Å². The Morgan fingerprint density at radius 1 is 1.26 bits per heavy atom. The number of aliphatic hydroxyl groups excluding tert-OH is 1. The number of aromatic nitrogens is 5. The quantitative estimate of drug-likeness (QED) is 0.467. The van der Waals surface area contributed by atoms with Gasteiger partial charge in [-0.2, -0.15) is 4.98 Å². The van der Waals surface area contributed by atoms with Gasteiger partial charge in [0.1, 0.15) is 16.6 Å². The van der Waals surface area contributed by atoms with Crippen LogP contribution in [-0.4, -0.2) is 35.4 Å². The first kappa shape index (κ1) is 20.9. The summed E-state index contributed by atoms with van der Waals surface area (Å²) >= 11 is 1.46. The van der Waals surface area contributed by atoms with E-state index in [1.54, 1.807) is 12.3 Å². The number of hydrogen-bond acceptors (Lipinski definition) is 7. The maximum absolute atomic E-state index is 13.6. The lowest BCUT2D eigenvalue weighted by Crippen LogP contribution is -2.39. The highest BCUT2D eigenvalue weighted by Gasteiger charge is 2.22. The van der Waals surface area contributed by atoms with Crippen molar-refractivity contribution in [1.82, 2.24) is 23.7 Å². The lowest BCUT2D eigenvalue weighted by atomic mass is 10.3. The number of hydrogen-bond donors (Lipinski definition) is 1. The van der Waals surface area contributed by atoms with Gasteiger partial charge in [0.25, 0.3) is 5.56 Å². The Morgan fingerprint density at radius 3 is 2.74 bits per heavy atom. The average Bonchev–Trinajstić information content (AvgIpc) is 3.30. The number of fused-ring (bicyclic) bond motifs is 1. The van der Waals surface area contributed by atoms with Crippen LogP contribution in [0.15, 0.2) is 40.1 Å². The highest BCUT2D eigenvalue weighted by Crippen LogP contribution is 2.26. The van der Waals surface area contributed by atoms with Crippen LogP contribution in [0, 0.1) is 12.7 Å². The van der Waals surface area contributed by atoms with Crippen LogP contribution in [0.4, 0.5) is 4.39 Å². The van der Waals surface area contributed by atoms with Crippen LogP contribution < -0.4 is 16.0 Å². The summed E-state index contributed by atoms with van der Waals surface area (Å²) in [5.41, 5.74) is -0.770. The highest BCUT2D eigenvalue weighted by molar-refractivity contribution is 7.11. The van der Waals surface area contributed by atoms with Crippen LogP contribution in [0.2, 0.25) is 0 Å². The summed E-state index contributed by atoms with van der Waals surface area (Å²) in [5.74, 6) is -0.271. The van der Waals surface area contributed by atoms with Crippen molar-refractivity contribution in [2.45, 2.75) is 26.4 Å². The van der Waals surface area contributed by atoms with Gasteiger partial charge in [0.05, 0.1) is 6.54 Å². The minimum absolute atomic E-state index is 0.0421. The molecular weight excluding hydrogens is 425 g/mol. The van der Waals surface area contributed by atoms with Gasteiger partial charge in [0, 0.05) is 37.3 Å². The van der Waals surface area contributed by atoms with Crippen molar-refractivity contribution in [2.75, 3.05) is 6.61 Å². The first-order chi connectivity index (χ1) is 14.9. The van der Waals surface area contributed by atoms with E-state index in [4.69, 9.17) is 9.84 Å². The highest BCUT2D eigenvalue weighted by atomic mass is 32.1. The SMILES string of the molecule is Cc1cnc(Cn2c(Oc3cccc(F)c3)nc3c2c(=O)n(CCCO)c(=O)n3C)s1. The third-order valence-corrected chi connectivity index (χ3v) is 5.60. The molecule has 0 saturated heterocycles. The maximum atomic E-state index is 13.6. The van der Waals surface area contributed by atoms with E-state index in [-0.39, 0.29) is 49.0 Å². The largest absolute Gasteiger partial charge is 0.425 e. The Labute approximate surface area is 179 Å². The zero-order valence-electron chi connectivity index (χ0n) is 16.9. The Hall–Kier alpha value is -3.31. The lowest BCUT2D eigenvalue weighted by Gasteiger charge is -2.10. The van der Waals surface area contributed by atoms with Crippen molar-refractivity contribution in [3.05, 3.63) is 67.0 Å². The van der Waals surface area contributed by atoms with Crippen molar-refractivity contribution in [1.29, 1.82) is 0 Å². The molecule has 31 heavy (non-hydrogen) atoms. The standard InChI is InChI=1S/C20H20FN5O4S/c1-12-10-22-15(31-12)11-26-16-17(23-19(26)30-14-6-3-5-13(21)9-14)24(2)20(29)25(18(16)28)7-4-8-27/h3,5-6,9-10,27H,4,7-8,11H2,1-2H3. The van der Waals surface area contributed by atoms with E-state index in [0.717, 1.165) is 14.5 Å². The zero-order chi connectivity index (χ0) is 22.1. The van der Waals surface area contributed by atoms with Gasteiger partial charge in [-0.1, -0.05) is 6.07 Å². The molecule has 0 spiro atoms. The lowest BCUT2D eigenvalue weighted by molar-refractivity contribution is 0.277. The summed E-state index contributed by atoms with van der Waals surface area (Å²) in [6, 6.07) is 5.60. The zero-order valence-corrected chi connectivity index (χ0v) is 17.7. The summed E-state index contributed by atoms with van der Waals surface area (Å²) in [6.07, 6.45) is 1.98. The van der Waals surface area contributed by atoms with Gasteiger partial charge in [-0.15, -0.1) is 11.3 Å². The summed E-state index contributed by atoms with van der Waals surface area (Å²) < 4.78 is 23.3. The van der Waals surface area contributed by atoms with E-state index in [1.807, 2.05) is 6.92 Å². The molecular formula is C20H20FN5O4S. The number of aryl methyl sites for hydroxylation is 2. The monoisotopic (exact) mass is 445 g/mol. The fourth-order valence-corrected chi connectivity index (χ4v) is 4.02. The third kappa shape index (κ3) is 4.01. The number of imidazole rings is 1. The van der Waals surface area contributed by atoms with E-state index < -0.39 is 17.1 Å². The van der Waals surface area contributed by atoms with E-state index >= 15 is 0 Å². The number of rotatable bonds is 7. The van der Waals surface area contributed by atoms with Crippen molar-refractivity contribution in [2.24, 2.45) is 7.05 Å².